The van der Waals surface area contributed by atoms with E-state index >= 15 is 0 Å². The molecule has 1 unspecified atom stereocenters. The molecule has 5 heteroatoms. The number of carbonyl (C=O) groups is 2. The lowest BCUT2D eigenvalue weighted by atomic mass is 9.82. The Morgan fingerprint density at radius 1 is 1.00 bits per heavy atom. The molecule has 23 heavy (non-hydrogen) atoms. The number of hydrazine groups is 1. The number of halogens is 1. The van der Waals surface area contributed by atoms with E-state index in [2.05, 4.69) is 16.9 Å². The fraction of sp³-hybridized carbons (Fsp3) is 0.222. The van der Waals surface area contributed by atoms with E-state index in [4.69, 9.17) is 11.6 Å². The largest absolute Gasteiger partial charge is 0.273 e. The Labute approximate surface area is 139 Å². The van der Waals surface area contributed by atoms with Crippen molar-refractivity contribution in [2.75, 3.05) is 0 Å². The van der Waals surface area contributed by atoms with Crippen molar-refractivity contribution in [1.82, 2.24) is 10.9 Å². The molecule has 0 saturated carbocycles. The Morgan fingerprint density at radius 3 is 2.52 bits per heavy atom. The van der Waals surface area contributed by atoms with Gasteiger partial charge in [-0.3, -0.25) is 20.4 Å². The van der Waals surface area contributed by atoms with E-state index in [1.165, 1.54) is 5.56 Å². The van der Waals surface area contributed by atoms with Gasteiger partial charge >= 0.3 is 0 Å². The first-order valence-electron chi connectivity index (χ1n) is 7.59. The summed E-state index contributed by atoms with van der Waals surface area (Å²) < 4.78 is 0. The molecule has 0 aliphatic heterocycles. The summed E-state index contributed by atoms with van der Waals surface area (Å²) >= 11 is 5.79. The summed E-state index contributed by atoms with van der Waals surface area (Å²) in [7, 11) is 0. The van der Waals surface area contributed by atoms with Crippen molar-refractivity contribution in [1.29, 1.82) is 0 Å². The van der Waals surface area contributed by atoms with Crippen LogP contribution in [0.2, 0.25) is 5.02 Å². The van der Waals surface area contributed by atoms with E-state index in [0.717, 1.165) is 24.8 Å². The van der Waals surface area contributed by atoms with Gasteiger partial charge in [0, 0.05) is 10.6 Å². The summed E-state index contributed by atoms with van der Waals surface area (Å²) in [4.78, 5) is 24.4. The normalized spacial score (nSPS) is 16.3. The van der Waals surface area contributed by atoms with Gasteiger partial charge < -0.3 is 0 Å². The van der Waals surface area contributed by atoms with Gasteiger partial charge in [-0.05, 0) is 54.7 Å². The Morgan fingerprint density at radius 2 is 1.74 bits per heavy atom. The minimum atomic E-state index is -0.362. The van der Waals surface area contributed by atoms with Crippen LogP contribution in [0.5, 0.6) is 0 Å². The van der Waals surface area contributed by atoms with Crippen molar-refractivity contribution < 1.29 is 9.59 Å². The van der Waals surface area contributed by atoms with Gasteiger partial charge in [0.1, 0.15) is 0 Å². The van der Waals surface area contributed by atoms with Crippen molar-refractivity contribution in [2.24, 2.45) is 0 Å². The molecule has 1 aliphatic rings. The molecule has 0 bridgehead atoms. The fourth-order valence-corrected chi connectivity index (χ4v) is 3.03. The summed E-state index contributed by atoms with van der Waals surface area (Å²) in [6.07, 6.45) is 2.76. The number of aryl methyl sites for hydroxylation is 1. The summed E-state index contributed by atoms with van der Waals surface area (Å²) in [6, 6.07) is 14.5. The number of benzene rings is 2. The van der Waals surface area contributed by atoms with Crippen molar-refractivity contribution in [2.45, 2.75) is 25.2 Å². The summed E-state index contributed by atoms with van der Waals surface area (Å²) in [5.41, 5.74) is 7.71. The lowest BCUT2D eigenvalue weighted by Gasteiger charge is -2.24. The van der Waals surface area contributed by atoms with Crippen LogP contribution in [0.3, 0.4) is 0 Å². The quantitative estimate of drug-likeness (QED) is 0.832. The van der Waals surface area contributed by atoms with Gasteiger partial charge in [-0.15, -0.1) is 0 Å². The molecule has 2 N–H and O–H groups in total. The Balaban J connectivity index is 1.64. The van der Waals surface area contributed by atoms with Crippen LogP contribution < -0.4 is 10.9 Å². The van der Waals surface area contributed by atoms with Crippen molar-refractivity contribution >= 4 is 23.4 Å². The minimum absolute atomic E-state index is 0.181. The first kappa shape index (κ1) is 15.6. The molecule has 1 atom stereocenters. The Hall–Kier alpha value is -2.33. The summed E-state index contributed by atoms with van der Waals surface area (Å²) in [5, 5.41) is 0.560. The van der Waals surface area contributed by atoms with Gasteiger partial charge in [0.25, 0.3) is 5.91 Å². The second-order valence-corrected chi connectivity index (χ2v) is 6.03. The first-order chi connectivity index (χ1) is 11.1. The molecular weight excluding hydrogens is 312 g/mol. The highest BCUT2D eigenvalue weighted by Crippen LogP contribution is 2.31. The van der Waals surface area contributed by atoms with Crippen molar-refractivity contribution in [3.63, 3.8) is 0 Å². The van der Waals surface area contributed by atoms with Gasteiger partial charge in [-0.1, -0.05) is 35.9 Å². The molecule has 0 aromatic heterocycles. The maximum absolute atomic E-state index is 12.4. The van der Waals surface area contributed by atoms with Gasteiger partial charge in [0.2, 0.25) is 5.91 Å². The van der Waals surface area contributed by atoms with Crippen molar-refractivity contribution in [3.8, 4) is 0 Å². The van der Waals surface area contributed by atoms with Gasteiger partial charge in [0.05, 0.1) is 5.92 Å². The maximum Gasteiger partial charge on any atom is 0.269 e. The fourth-order valence-electron chi connectivity index (χ4n) is 2.91. The monoisotopic (exact) mass is 328 g/mol. The van der Waals surface area contributed by atoms with Gasteiger partial charge in [-0.25, -0.2) is 0 Å². The molecule has 3 rings (SSSR count). The zero-order valence-electron chi connectivity index (χ0n) is 12.5. The van der Waals surface area contributed by atoms with Gasteiger partial charge in [-0.2, -0.15) is 0 Å². The van der Waals surface area contributed by atoms with E-state index in [-0.39, 0.29) is 17.7 Å². The number of nitrogens with one attached hydrogen (secondary N) is 2. The predicted molar refractivity (Wildman–Crippen MR) is 89.2 cm³/mol. The van der Waals surface area contributed by atoms with Crippen molar-refractivity contribution in [3.05, 3.63) is 70.2 Å². The van der Waals surface area contributed by atoms with Gasteiger partial charge in [0.15, 0.2) is 0 Å². The SMILES string of the molecule is O=C(NNC(=O)C1CCCc2ccccc21)c1ccc(Cl)cc1. The molecule has 0 radical (unpaired) electrons. The van der Waals surface area contributed by atoms with Crippen LogP contribution in [0.25, 0.3) is 0 Å². The highest BCUT2D eigenvalue weighted by molar-refractivity contribution is 6.30. The minimum Gasteiger partial charge on any atom is -0.273 e. The number of fused-ring (bicyclic) bond motifs is 1. The third-order valence-corrected chi connectivity index (χ3v) is 4.34. The average Bonchev–Trinajstić information content (AvgIpc) is 2.59. The van der Waals surface area contributed by atoms with E-state index < -0.39 is 0 Å². The van der Waals surface area contributed by atoms with Crippen LogP contribution in [-0.4, -0.2) is 11.8 Å². The Bertz CT molecular complexity index is 728. The third-order valence-electron chi connectivity index (χ3n) is 4.09. The number of hydrogen-bond acceptors (Lipinski definition) is 2. The molecular formula is C18H17ClN2O2. The van der Waals surface area contributed by atoms with Crippen LogP contribution in [0, 0.1) is 0 Å². The van der Waals surface area contributed by atoms with Crippen LogP contribution in [0.1, 0.15) is 40.2 Å². The second-order valence-electron chi connectivity index (χ2n) is 5.59. The van der Waals surface area contributed by atoms with E-state index in [0.29, 0.717) is 10.6 Å². The smallest absolute Gasteiger partial charge is 0.269 e. The highest BCUT2D eigenvalue weighted by atomic mass is 35.5. The number of carbonyl (C=O) groups excluding carboxylic acids is 2. The molecule has 118 valence electrons. The van der Waals surface area contributed by atoms with Crippen LogP contribution in [-0.2, 0) is 11.2 Å². The molecule has 0 fully saturated rings. The lowest BCUT2D eigenvalue weighted by molar-refractivity contribution is -0.123. The first-order valence-corrected chi connectivity index (χ1v) is 7.96. The van der Waals surface area contributed by atoms with E-state index in [9.17, 15) is 9.59 Å². The van der Waals surface area contributed by atoms with Crippen LogP contribution in [0.15, 0.2) is 48.5 Å². The summed E-state index contributed by atoms with van der Waals surface area (Å²) in [5.74, 6) is -0.760. The predicted octanol–water partition coefficient (Wildman–Crippen LogP) is 3.22. The summed E-state index contributed by atoms with van der Waals surface area (Å²) in [6.45, 7) is 0. The van der Waals surface area contributed by atoms with Crippen LogP contribution in [0.4, 0.5) is 0 Å². The number of rotatable bonds is 2. The number of amides is 2. The molecule has 0 heterocycles. The molecule has 2 aromatic rings. The standard InChI is InChI=1S/C18H17ClN2O2/c19-14-10-8-13(9-11-14)17(22)20-21-18(23)16-7-3-5-12-4-1-2-6-15(12)16/h1-2,4,6,8-11,16H,3,5,7H2,(H,20,22)(H,21,23). The van der Waals surface area contributed by atoms with E-state index in [1.54, 1.807) is 24.3 Å². The highest BCUT2D eigenvalue weighted by Gasteiger charge is 2.26. The topological polar surface area (TPSA) is 58.2 Å². The molecule has 2 aromatic carbocycles. The molecule has 0 saturated heterocycles. The zero-order valence-corrected chi connectivity index (χ0v) is 13.3. The third kappa shape index (κ3) is 3.54. The lowest BCUT2D eigenvalue weighted by Crippen LogP contribution is -2.44. The Kier molecular flexibility index (Phi) is 4.63. The maximum atomic E-state index is 12.4. The molecule has 2 amide bonds. The zero-order chi connectivity index (χ0) is 16.2. The van der Waals surface area contributed by atoms with E-state index in [1.807, 2.05) is 18.2 Å². The second kappa shape index (κ2) is 6.84. The molecule has 1 aliphatic carbocycles. The van der Waals surface area contributed by atoms with Crippen LogP contribution >= 0.6 is 11.6 Å². The number of hydrogen-bond donors (Lipinski definition) is 2. The molecule has 0 spiro atoms. The molecule has 4 nitrogen and oxygen atoms in total. The average molecular weight is 329 g/mol.